The van der Waals surface area contributed by atoms with Crippen molar-refractivity contribution in [2.24, 2.45) is 11.3 Å². The van der Waals surface area contributed by atoms with Crippen LogP contribution in [0, 0.1) is 11.3 Å². The molecule has 2 rings (SSSR count). The fourth-order valence-corrected chi connectivity index (χ4v) is 3.34. The van der Waals surface area contributed by atoms with Crippen LogP contribution in [0.25, 0.3) is 0 Å². The van der Waals surface area contributed by atoms with E-state index in [0.717, 1.165) is 12.6 Å². The summed E-state index contributed by atoms with van der Waals surface area (Å²) in [6, 6.07) is 11.7. The Hall–Kier alpha value is -0.820. The molecule has 1 fully saturated rings. The molecule has 0 bridgehead atoms. The summed E-state index contributed by atoms with van der Waals surface area (Å²) < 4.78 is 0. The average molecular weight is 273 g/mol. The van der Waals surface area contributed by atoms with Crippen LogP contribution in [0.5, 0.6) is 0 Å². The van der Waals surface area contributed by atoms with Crippen molar-refractivity contribution in [1.82, 2.24) is 5.32 Å². The van der Waals surface area contributed by atoms with Crippen molar-refractivity contribution in [3.63, 3.8) is 0 Å². The van der Waals surface area contributed by atoms with E-state index in [1.54, 1.807) is 0 Å². The fraction of sp³-hybridized carbons (Fsp3) is 0.684. The third-order valence-corrected chi connectivity index (χ3v) is 5.00. The van der Waals surface area contributed by atoms with Crippen molar-refractivity contribution >= 4 is 0 Å². The molecule has 0 aliphatic heterocycles. The van der Waals surface area contributed by atoms with Gasteiger partial charge in [-0.1, -0.05) is 58.0 Å². The lowest BCUT2D eigenvalue weighted by atomic mass is 9.75. The van der Waals surface area contributed by atoms with Gasteiger partial charge in [-0.3, -0.25) is 0 Å². The minimum absolute atomic E-state index is 0.565. The largest absolute Gasteiger partial charge is 0.313 e. The second-order valence-electron chi connectivity index (χ2n) is 7.61. The molecule has 0 radical (unpaired) electrons. The van der Waals surface area contributed by atoms with Gasteiger partial charge in [-0.2, -0.15) is 0 Å². The van der Waals surface area contributed by atoms with Crippen LogP contribution in [0.2, 0.25) is 0 Å². The molecule has 1 aliphatic carbocycles. The van der Waals surface area contributed by atoms with Crippen LogP contribution in [0.15, 0.2) is 30.3 Å². The maximum atomic E-state index is 3.84. The van der Waals surface area contributed by atoms with Gasteiger partial charge in [0.2, 0.25) is 0 Å². The number of rotatable bonds is 5. The van der Waals surface area contributed by atoms with Crippen molar-refractivity contribution in [2.75, 3.05) is 6.54 Å². The van der Waals surface area contributed by atoms with Crippen LogP contribution in [0.3, 0.4) is 0 Å². The zero-order valence-electron chi connectivity index (χ0n) is 13.7. The van der Waals surface area contributed by atoms with Gasteiger partial charge in [0.15, 0.2) is 0 Å². The first-order valence-electron chi connectivity index (χ1n) is 8.26. The van der Waals surface area contributed by atoms with Crippen molar-refractivity contribution < 1.29 is 0 Å². The van der Waals surface area contributed by atoms with Crippen LogP contribution in [-0.2, 0) is 0 Å². The zero-order valence-corrected chi connectivity index (χ0v) is 13.7. The van der Waals surface area contributed by atoms with Crippen LogP contribution in [-0.4, -0.2) is 12.6 Å². The highest BCUT2D eigenvalue weighted by atomic mass is 14.9. The number of hydrogen-bond donors (Lipinski definition) is 1. The molecular weight excluding hydrogens is 242 g/mol. The van der Waals surface area contributed by atoms with Gasteiger partial charge >= 0.3 is 0 Å². The topological polar surface area (TPSA) is 12.0 Å². The van der Waals surface area contributed by atoms with E-state index < -0.39 is 0 Å². The van der Waals surface area contributed by atoms with Gasteiger partial charge in [-0.25, -0.2) is 0 Å². The maximum Gasteiger partial charge on any atom is 0.00677 e. The molecule has 0 heterocycles. The van der Waals surface area contributed by atoms with Crippen LogP contribution >= 0.6 is 0 Å². The van der Waals surface area contributed by atoms with Crippen LogP contribution in [0.1, 0.15) is 64.9 Å². The van der Waals surface area contributed by atoms with Gasteiger partial charge in [0, 0.05) is 12.6 Å². The summed E-state index contributed by atoms with van der Waals surface area (Å²) in [5.41, 5.74) is 2.04. The number of benzene rings is 1. The van der Waals surface area contributed by atoms with Gasteiger partial charge < -0.3 is 5.32 Å². The third-order valence-electron chi connectivity index (χ3n) is 5.00. The summed E-state index contributed by atoms with van der Waals surface area (Å²) in [5.74, 6) is 1.32. The van der Waals surface area contributed by atoms with Gasteiger partial charge in [0.1, 0.15) is 0 Å². The molecule has 0 spiro atoms. The standard InChI is InChI=1S/C19H31N/c1-15(2)18(16-8-6-5-7-9-16)14-20-17-10-12-19(3,4)13-11-17/h5-9,15,17-18,20H,10-14H2,1-4H3. The summed E-state index contributed by atoms with van der Waals surface area (Å²) in [4.78, 5) is 0. The molecule has 1 saturated carbocycles. The minimum Gasteiger partial charge on any atom is -0.313 e. The van der Waals surface area contributed by atoms with E-state index in [1.807, 2.05) is 0 Å². The lowest BCUT2D eigenvalue weighted by Crippen LogP contribution is -2.38. The van der Waals surface area contributed by atoms with E-state index in [4.69, 9.17) is 0 Å². The lowest BCUT2D eigenvalue weighted by Gasteiger charge is -2.35. The summed E-state index contributed by atoms with van der Waals surface area (Å²) in [6.07, 6.45) is 5.41. The van der Waals surface area contributed by atoms with E-state index in [0.29, 0.717) is 17.3 Å². The van der Waals surface area contributed by atoms with Crippen molar-refractivity contribution in [1.29, 1.82) is 0 Å². The molecular formula is C19H31N. The molecule has 1 heteroatoms. The summed E-state index contributed by atoms with van der Waals surface area (Å²) >= 11 is 0. The average Bonchev–Trinajstić information content (AvgIpc) is 2.41. The molecule has 1 aliphatic rings. The molecule has 1 unspecified atom stereocenters. The monoisotopic (exact) mass is 273 g/mol. The summed E-state index contributed by atoms with van der Waals surface area (Å²) in [7, 11) is 0. The van der Waals surface area contributed by atoms with Crippen molar-refractivity contribution in [3.05, 3.63) is 35.9 Å². The molecule has 1 N–H and O–H groups in total. The first-order chi connectivity index (χ1) is 9.48. The number of nitrogens with one attached hydrogen (secondary N) is 1. The van der Waals surface area contributed by atoms with E-state index in [-0.39, 0.29) is 0 Å². The first-order valence-corrected chi connectivity index (χ1v) is 8.26. The van der Waals surface area contributed by atoms with Gasteiger partial charge in [-0.15, -0.1) is 0 Å². The first kappa shape index (κ1) is 15.6. The Labute approximate surface area is 125 Å². The normalized spacial score (nSPS) is 21.1. The summed E-state index contributed by atoms with van der Waals surface area (Å²) in [6.45, 7) is 10.6. The number of hydrogen-bond acceptors (Lipinski definition) is 1. The highest BCUT2D eigenvalue weighted by Gasteiger charge is 2.27. The molecule has 112 valence electrons. The highest BCUT2D eigenvalue weighted by molar-refractivity contribution is 5.20. The molecule has 0 aromatic heterocycles. The Morgan fingerprint density at radius 2 is 1.70 bits per heavy atom. The second kappa shape index (κ2) is 6.76. The third kappa shape index (κ3) is 4.34. The highest BCUT2D eigenvalue weighted by Crippen LogP contribution is 2.35. The van der Waals surface area contributed by atoms with E-state index in [9.17, 15) is 0 Å². The van der Waals surface area contributed by atoms with Crippen LogP contribution < -0.4 is 5.32 Å². The van der Waals surface area contributed by atoms with Crippen molar-refractivity contribution in [2.45, 2.75) is 65.3 Å². The minimum atomic E-state index is 0.565. The molecule has 20 heavy (non-hydrogen) atoms. The van der Waals surface area contributed by atoms with E-state index >= 15 is 0 Å². The zero-order chi connectivity index (χ0) is 14.6. The Morgan fingerprint density at radius 3 is 2.25 bits per heavy atom. The molecule has 1 atom stereocenters. The quantitative estimate of drug-likeness (QED) is 0.797. The molecule has 0 saturated heterocycles. The molecule has 1 nitrogen and oxygen atoms in total. The predicted octanol–water partition coefficient (Wildman–Crippen LogP) is 4.98. The van der Waals surface area contributed by atoms with E-state index in [1.165, 1.54) is 31.2 Å². The Bertz CT molecular complexity index is 383. The lowest BCUT2D eigenvalue weighted by molar-refractivity contribution is 0.203. The molecule has 1 aromatic carbocycles. The Balaban J connectivity index is 1.88. The smallest absolute Gasteiger partial charge is 0.00677 e. The maximum absolute atomic E-state index is 3.84. The van der Waals surface area contributed by atoms with Gasteiger partial charge in [-0.05, 0) is 48.5 Å². The fourth-order valence-electron chi connectivity index (χ4n) is 3.34. The van der Waals surface area contributed by atoms with Crippen molar-refractivity contribution in [3.8, 4) is 0 Å². The predicted molar refractivity (Wildman–Crippen MR) is 88.1 cm³/mol. The van der Waals surface area contributed by atoms with Crippen LogP contribution in [0.4, 0.5) is 0 Å². The summed E-state index contributed by atoms with van der Waals surface area (Å²) in [5, 5.41) is 3.84. The van der Waals surface area contributed by atoms with Gasteiger partial charge in [0.05, 0.1) is 0 Å². The van der Waals surface area contributed by atoms with E-state index in [2.05, 4.69) is 63.3 Å². The molecule has 0 amide bonds. The SMILES string of the molecule is CC(C)C(CNC1CCC(C)(C)CC1)c1ccccc1. The van der Waals surface area contributed by atoms with Gasteiger partial charge in [0.25, 0.3) is 0 Å². The Kier molecular flexibility index (Phi) is 5.26. The molecule has 1 aromatic rings. The second-order valence-corrected chi connectivity index (χ2v) is 7.61. The Morgan fingerprint density at radius 1 is 1.10 bits per heavy atom.